The van der Waals surface area contributed by atoms with Crippen LogP contribution in [-0.2, 0) is 11.2 Å². The Bertz CT molecular complexity index is 1260. The summed E-state index contributed by atoms with van der Waals surface area (Å²) in [6.07, 6.45) is 4.63. The number of carbonyl (C=O) groups excluding carboxylic acids is 2. The number of ketones is 1. The molecule has 0 bridgehead atoms. The maximum absolute atomic E-state index is 13.2. The predicted octanol–water partition coefficient (Wildman–Crippen LogP) is 5.12. The Labute approximate surface area is 198 Å². The predicted molar refractivity (Wildman–Crippen MR) is 131 cm³/mol. The lowest BCUT2D eigenvalue weighted by atomic mass is 9.85. The molecule has 1 aliphatic heterocycles. The van der Waals surface area contributed by atoms with Crippen molar-refractivity contribution in [3.05, 3.63) is 82.7 Å². The van der Waals surface area contributed by atoms with E-state index in [4.69, 9.17) is 4.74 Å². The number of nitrogens with zero attached hydrogens (tertiary/aromatic N) is 2. The number of hydrogen-bond donors (Lipinski definition) is 2. The second-order valence-corrected chi connectivity index (χ2v) is 8.55. The summed E-state index contributed by atoms with van der Waals surface area (Å²) in [4.78, 5) is 26.2. The summed E-state index contributed by atoms with van der Waals surface area (Å²) in [5, 5.41) is 10.9. The second kappa shape index (κ2) is 9.17. The van der Waals surface area contributed by atoms with E-state index in [0.29, 0.717) is 30.1 Å². The van der Waals surface area contributed by atoms with Gasteiger partial charge in [0.1, 0.15) is 23.2 Å². The van der Waals surface area contributed by atoms with E-state index in [-0.39, 0.29) is 17.7 Å². The Kier molecular flexibility index (Phi) is 5.92. The third-order valence-electron chi connectivity index (χ3n) is 6.41. The van der Waals surface area contributed by atoms with Crippen molar-refractivity contribution in [1.82, 2.24) is 9.78 Å². The second-order valence-electron chi connectivity index (χ2n) is 8.55. The molecule has 7 nitrogen and oxygen atoms in total. The third-order valence-corrected chi connectivity index (χ3v) is 6.41. The lowest BCUT2D eigenvalue weighted by Crippen LogP contribution is -2.32. The first-order valence-corrected chi connectivity index (χ1v) is 11.8. The summed E-state index contributed by atoms with van der Waals surface area (Å²) in [5.41, 5.74) is 4.98. The molecule has 1 amide bonds. The molecule has 0 fully saturated rings. The molecule has 34 heavy (non-hydrogen) atoms. The van der Waals surface area contributed by atoms with Crippen LogP contribution in [0, 0.1) is 0 Å². The smallest absolute Gasteiger partial charge is 0.261 e. The van der Waals surface area contributed by atoms with Gasteiger partial charge in [-0.2, -0.15) is 5.10 Å². The quantitative estimate of drug-likeness (QED) is 0.538. The molecule has 1 aliphatic carbocycles. The molecule has 0 spiro atoms. The van der Waals surface area contributed by atoms with Crippen molar-refractivity contribution in [3.63, 3.8) is 0 Å². The van der Waals surface area contributed by atoms with Crippen LogP contribution in [0.25, 0.3) is 0 Å². The molecule has 2 aliphatic rings. The number of benzene rings is 2. The van der Waals surface area contributed by atoms with E-state index in [1.807, 2.05) is 31.2 Å². The number of carbonyl (C=O) groups is 2. The summed E-state index contributed by atoms with van der Waals surface area (Å²) in [5.74, 6) is 1.24. The fourth-order valence-corrected chi connectivity index (χ4v) is 4.67. The summed E-state index contributed by atoms with van der Waals surface area (Å²) >= 11 is 0. The number of amides is 1. The first-order chi connectivity index (χ1) is 16.6. The minimum Gasteiger partial charge on any atom is -0.494 e. The van der Waals surface area contributed by atoms with E-state index < -0.39 is 0 Å². The molecule has 1 atom stereocenters. The highest BCUT2D eigenvalue weighted by atomic mass is 16.5. The van der Waals surface area contributed by atoms with E-state index in [1.165, 1.54) is 5.56 Å². The Hall–Kier alpha value is -3.87. The first-order valence-electron chi connectivity index (χ1n) is 11.8. The minimum absolute atomic E-state index is 0.139. The van der Waals surface area contributed by atoms with Crippen LogP contribution < -0.4 is 15.4 Å². The van der Waals surface area contributed by atoms with Gasteiger partial charge in [-0.3, -0.25) is 9.59 Å². The van der Waals surface area contributed by atoms with Crippen LogP contribution in [0.15, 0.2) is 66.0 Å². The Morgan fingerprint density at radius 1 is 1.12 bits per heavy atom. The fourth-order valence-electron chi connectivity index (χ4n) is 4.67. The highest BCUT2D eigenvalue weighted by Gasteiger charge is 2.37. The highest BCUT2D eigenvalue weighted by molar-refractivity contribution is 6.08. The molecule has 7 heteroatoms. The lowest BCUT2D eigenvalue weighted by molar-refractivity contribution is -0.116. The number of nitrogens with one attached hydrogen (secondary N) is 2. The van der Waals surface area contributed by atoms with Gasteiger partial charge in [0.2, 0.25) is 0 Å². The molecule has 3 aromatic rings. The minimum atomic E-state index is -0.350. The number of rotatable bonds is 6. The van der Waals surface area contributed by atoms with Gasteiger partial charge in [-0.15, -0.1) is 0 Å². The van der Waals surface area contributed by atoms with Gasteiger partial charge in [0.25, 0.3) is 5.91 Å². The van der Waals surface area contributed by atoms with Gasteiger partial charge in [0.05, 0.1) is 12.8 Å². The zero-order valence-corrected chi connectivity index (χ0v) is 19.4. The monoisotopic (exact) mass is 456 g/mol. The van der Waals surface area contributed by atoms with Gasteiger partial charge in [-0.05, 0) is 61.6 Å². The molecule has 0 unspecified atom stereocenters. The Balaban J connectivity index is 1.49. The summed E-state index contributed by atoms with van der Waals surface area (Å²) < 4.78 is 7.25. The van der Waals surface area contributed by atoms with Crippen molar-refractivity contribution in [1.29, 1.82) is 0 Å². The molecular weight excluding hydrogens is 428 g/mol. The number of anilines is 2. The van der Waals surface area contributed by atoms with Gasteiger partial charge in [0, 0.05) is 23.4 Å². The molecular formula is C27H28N4O3. The highest BCUT2D eigenvalue weighted by Crippen LogP contribution is 2.41. The van der Waals surface area contributed by atoms with Gasteiger partial charge >= 0.3 is 0 Å². The van der Waals surface area contributed by atoms with E-state index in [0.717, 1.165) is 41.8 Å². The number of aromatic nitrogens is 2. The lowest BCUT2D eigenvalue weighted by Gasteiger charge is -2.33. The van der Waals surface area contributed by atoms with Crippen LogP contribution in [0.4, 0.5) is 11.5 Å². The zero-order valence-electron chi connectivity index (χ0n) is 19.4. The van der Waals surface area contributed by atoms with Crippen molar-refractivity contribution >= 4 is 23.2 Å². The average molecular weight is 457 g/mol. The largest absolute Gasteiger partial charge is 0.494 e. The number of allylic oxidation sites excluding steroid dienone is 2. The van der Waals surface area contributed by atoms with Crippen molar-refractivity contribution in [2.24, 2.45) is 0 Å². The van der Waals surface area contributed by atoms with E-state index >= 15 is 0 Å². The van der Waals surface area contributed by atoms with Gasteiger partial charge in [-0.1, -0.05) is 31.2 Å². The molecule has 5 rings (SSSR count). The summed E-state index contributed by atoms with van der Waals surface area (Å²) in [7, 11) is 0. The molecule has 174 valence electrons. The van der Waals surface area contributed by atoms with Crippen LogP contribution in [0.2, 0.25) is 0 Å². The fraction of sp³-hybridized carbons (Fsp3) is 0.296. The molecule has 1 aromatic heterocycles. The van der Waals surface area contributed by atoms with Gasteiger partial charge in [-0.25, -0.2) is 4.68 Å². The van der Waals surface area contributed by atoms with Gasteiger partial charge in [0.15, 0.2) is 5.78 Å². The van der Waals surface area contributed by atoms with Crippen LogP contribution >= 0.6 is 0 Å². The SMILES string of the molecule is CCOc1ccc(NC(=O)c2cnn3c2NC2=C(C(=O)CCC2)[C@@H]3c2ccc(CC)cc2)cc1. The normalized spacial score (nSPS) is 17.0. The van der Waals surface area contributed by atoms with Crippen LogP contribution in [-0.4, -0.2) is 28.1 Å². The van der Waals surface area contributed by atoms with E-state index in [1.54, 1.807) is 10.9 Å². The summed E-state index contributed by atoms with van der Waals surface area (Å²) in [6, 6.07) is 15.2. The van der Waals surface area contributed by atoms with Crippen molar-refractivity contribution in [3.8, 4) is 5.75 Å². The van der Waals surface area contributed by atoms with E-state index in [9.17, 15) is 9.59 Å². The Morgan fingerprint density at radius 2 is 1.88 bits per heavy atom. The van der Waals surface area contributed by atoms with Crippen molar-refractivity contribution in [2.75, 3.05) is 17.2 Å². The van der Waals surface area contributed by atoms with E-state index in [2.05, 4.69) is 46.9 Å². The van der Waals surface area contributed by atoms with Crippen LogP contribution in [0.1, 0.15) is 60.6 Å². The third kappa shape index (κ3) is 3.98. The number of hydrogen-bond acceptors (Lipinski definition) is 5. The number of fused-ring (bicyclic) bond motifs is 1. The standard InChI is InChI=1S/C27H28N4O3/c1-3-17-8-10-18(11-9-17)25-24-22(6-5-7-23(24)32)30-26-21(16-28-31(25)26)27(33)29-19-12-14-20(15-13-19)34-4-2/h8-16,25,30H,3-7H2,1-2H3,(H,29,33)/t25-/m0/s1. The zero-order chi connectivity index (χ0) is 23.7. The molecule has 2 N–H and O–H groups in total. The van der Waals surface area contributed by atoms with Crippen LogP contribution in [0.5, 0.6) is 5.75 Å². The molecule has 0 radical (unpaired) electrons. The number of ether oxygens (including phenoxy) is 1. The molecule has 2 heterocycles. The average Bonchev–Trinajstić information content (AvgIpc) is 3.28. The van der Waals surface area contributed by atoms with Crippen molar-refractivity contribution < 1.29 is 14.3 Å². The molecule has 0 saturated heterocycles. The first kappa shape index (κ1) is 21.9. The maximum atomic E-state index is 13.2. The number of Topliss-reactive ketones (excluding diaryl/α,β-unsaturated/α-hetero) is 1. The van der Waals surface area contributed by atoms with Crippen LogP contribution in [0.3, 0.4) is 0 Å². The topological polar surface area (TPSA) is 85.2 Å². The molecule has 0 saturated carbocycles. The number of aryl methyl sites for hydroxylation is 1. The Morgan fingerprint density at radius 3 is 2.59 bits per heavy atom. The molecule has 2 aromatic carbocycles. The maximum Gasteiger partial charge on any atom is 0.261 e. The van der Waals surface area contributed by atoms with Crippen molar-refractivity contribution in [2.45, 2.75) is 45.6 Å². The summed E-state index contributed by atoms with van der Waals surface area (Å²) in [6.45, 7) is 4.63. The van der Waals surface area contributed by atoms with Gasteiger partial charge < -0.3 is 15.4 Å².